The van der Waals surface area contributed by atoms with Crippen molar-refractivity contribution >= 4 is 27.4 Å². The van der Waals surface area contributed by atoms with Crippen molar-refractivity contribution in [2.75, 3.05) is 11.9 Å². The first-order chi connectivity index (χ1) is 13.7. The highest BCUT2D eigenvalue weighted by Crippen LogP contribution is 2.39. The molecule has 0 radical (unpaired) electrons. The van der Waals surface area contributed by atoms with Crippen molar-refractivity contribution in [2.45, 2.75) is 39.2 Å². The largest absolute Gasteiger partial charge is 0.368 e. The highest BCUT2D eigenvalue weighted by atomic mass is 32.1. The molecule has 142 valence electrons. The van der Waals surface area contributed by atoms with Crippen LogP contribution < -0.4 is 5.32 Å². The van der Waals surface area contributed by atoms with Crippen LogP contribution in [-0.4, -0.2) is 31.3 Å². The molecule has 1 saturated carbocycles. The van der Waals surface area contributed by atoms with Crippen molar-refractivity contribution in [1.82, 2.24) is 24.7 Å². The summed E-state index contributed by atoms with van der Waals surface area (Å²) in [5.74, 6) is 2.60. The van der Waals surface area contributed by atoms with Gasteiger partial charge in [0.1, 0.15) is 29.1 Å². The molecular weight excluding hydrogens is 368 g/mol. The van der Waals surface area contributed by atoms with Crippen LogP contribution in [0, 0.1) is 13.8 Å². The van der Waals surface area contributed by atoms with Crippen molar-refractivity contribution in [1.29, 1.82) is 0 Å². The second kappa shape index (κ2) is 6.98. The molecule has 1 fully saturated rings. The van der Waals surface area contributed by atoms with Gasteiger partial charge in [-0.25, -0.2) is 9.97 Å². The lowest BCUT2D eigenvalue weighted by atomic mass is 10.0. The van der Waals surface area contributed by atoms with Gasteiger partial charge in [0.15, 0.2) is 0 Å². The molecule has 1 N–H and O–H groups in total. The highest BCUT2D eigenvalue weighted by molar-refractivity contribution is 7.17. The highest BCUT2D eigenvalue weighted by Gasteiger charge is 2.28. The van der Waals surface area contributed by atoms with Crippen LogP contribution in [0.5, 0.6) is 0 Å². The summed E-state index contributed by atoms with van der Waals surface area (Å²) in [5.41, 5.74) is 5.00. The van der Waals surface area contributed by atoms with Crippen LogP contribution in [0.15, 0.2) is 36.2 Å². The van der Waals surface area contributed by atoms with Crippen LogP contribution in [-0.2, 0) is 6.54 Å². The number of anilines is 1. The summed E-state index contributed by atoms with van der Waals surface area (Å²) in [5, 5.41) is 15.1. The number of hydrogen-bond acceptors (Lipinski definition) is 6. The zero-order valence-electron chi connectivity index (χ0n) is 16.0. The lowest BCUT2D eigenvalue weighted by Gasteiger charge is -2.10. The quantitative estimate of drug-likeness (QED) is 0.523. The van der Waals surface area contributed by atoms with Crippen LogP contribution in [0.2, 0.25) is 0 Å². The Balaban J connectivity index is 1.42. The second-order valence-electron chi connectivity index (χ2n) is 7.43. The summed E-state index contributed by atoms with van der Waals surface area (Å²) >= 11 is 1.66. The van der Waals surface area contributed by atoms with E-state index in [0.717, 1.165) is 34.9 Å². The van der Waals surface area contributed by atoms with Gasteiger partial charge in [-0.3, -0.25) is 0 Å². The molecular formula is C21H22N6S. The maximum absolute atomic E-state index is 4.54. The van der Waals surface area contributed by atoms with Crippen molar-refractivity contribution in [2.24, 2.45) is 0 Å². The predicted octanol–water partition coefficient (Wildman–Crippen LogP) is 4.56. The van der Waals surface area contributed by atoms with Crippen LogP contribution in [0.25, 0.3) is 21.3 Å². The molecule has 3 aromatic heterocycles. The van der Waals surface area contributed by atoms with Crippen molar-refractivity contribution in [3.8, 4) is 11.1 Å². The molecule has 0 saturated heterocycles. The molecule has 0 aliphatic heterocycles. The molecule has 0 unspecified atom stereocenters. The zero-order valence-corrected chi connectivity index (χ0v) is 16.8. The average Bonchev–Trinajstić information content (AvgIpc) is 3.27. The van der Waals surface area contributed by atoms with E-state index in [9.17, 15) is 0 Å². The summed E-state index contributed by atoms with van der Waals surface area (Å²) in [7, 11) is 0. The molecule has 7 heteroatoms. The van der Waals surface area contributed by atoms with Gasteiger partial charge in [0.25, 0.3) is 0 Å². The fourth-order valence-corrected chi connectivity index (χ4v) is 4.44. The Bertz CT molecular complexity index is 1140. The molecule has 0 bridgehead atoms. The topological polar surface area (TPSA) is 68.5 Å². The third-order valence-corrected chi connectivity index (χ3v) is 6.31. The first-order valence-corrected chi connectivity index (χ1v) is 10.5. The molecule has 1 aliphatic carbocycles. The van der Waals surface area contributed by atoms with E-state index in [1.54, 1.807) is 17.7 Å². The minimum Gasteiger partial charge on any atom is -0.368 e. The third-order valence-electron chi connectivity index (χ3n) is 5.42. The normalized spacial score (nSPS) is 13.9. The van der Waals surface area contributed by atoms with Gasteiger partial charge in [-0.1, -0.05) is 18.2 Å². The Morgan fingerprint density at radius 2 is 2.07 bits per heavy atom. The molecule has 0 atom stereocenters. The smallest absolute Gasteiger partial charge is 0.138 e. The maximum atomic E-state index is 4.54. The first kappa shape index (κ1) is 17.3. The zero-order chi connectivity index (χ0) is 19.1. The number of fused-ring (bicyclic) bond motifs is 1. The van der Waals surface area contributed by atoms with Gasteiger partial charge >= 0.3 is 0 Å². The minimum atomic E-state index is 0.599. The van der Waals surface area contributed by atoms with E-state index in [1.807, 2.05) is 6.33 Å². The van der Waals surface area contributed by atoms with E-state index >= 15 is 0 Å². The van der Waals surface area contributed by atoms with Crippen molar-refractivity contribution in [3.05, 3.63) is 53.2 Å². The lowest BCUT2D eigenvalue weighted by molar-refractivity contribution is 0.676. The van der Waals surface area contributed by atoms with Crippen LogP contribution in [0.1, 0.15) is 35.7 Å². The van der Waals surface area contributed by atoms with E-state index in [-0.39, 0.29) is 0 Å². The van der Waals surface area contributed by atoms with Gasteiger partial charge in [0.05, 0.1) is 5.39 Å². The van der Waals surface area contributed by atoms with Gasteiger partial charge in [0, 0.05) is 30.0 Å². The summed E-state index contributed by atoms with van der Waals surface area (Å²) in [6.45, 7) is 5.89. The Hall–Kier alpha value is -2.80. The summed E-state index contributed by atoms with van der Waals surface area (Å²) in [6, 6.07) is 6.60. The fourth-order valence-electron chi connectivity index (χ4n) is 3.52. The summed E-state index contributed by atoms with van der Waals surface area (Å²) < 4.78 is 2.15. The van der Waals surface area contributed by atoms with Crippen molar-refractivity contribution < 1.29 is 0 Å². The van der Waals surface area contributed by atoms with E-state index < -0.39 is 0 Å². The molecule has 1 aliphatic rings. The van der Waals surface area contributed by atoms with Crippen LogP contribution >= 0.6 is 11.3 Å². The van der Waals surface area contributed by atoms with E-state index in [0.29, 0.717) is 5.92 Å². The number of nitrogens with zero attached hydrogens (tertiary/aromatic N) is 5. The van der Waals surface area contributed by atoms with Gasteiger partial charge < -0.3 is 9.88 Å². The number of aromatic nitrogens is 5. The maximum Gasteiger partial charge on any atom is 0.138 e. The summed E-state index contributed by atoms with van der Waals surface area (Å²) in [6.07, 6.45) is 5.93. The standard InChI is InChI=1S/C21H22N6S/c1-13-3-4-16(9-14(13)2)17-10-28-21-18(17)19(23-11-24-21)22-7-8-27-12-25-26-20(27)15-5-6-15/h3-4,9-12,15H,5-8H2,1-2H3,(H,22,23,24). The third kappa shape index (κ3) is 3.16. The van der Waals surface area contributed by atoms with E-state index in [1.165, 1.54) is 35.1 Å². The lowest BCUT2D eigenvalue weighted by Crippen LogP contribution is -2.13. The number of rotatable bonds is 6. The predicted molar refractivity (Wildman–Crippen MR) is 113 cm³/mol. The van der Waals surface area contributed by atoms with Gasteiger partial charge in [-0.05, 0) is 43.4 Å². The Morgan fingerprint density at radius 1 is 1.18 bits per heavy atom. The molecule has 0 spiro atoms. The molecule has 6 nitrogen and oxygen atoms in total. The van der Waals surface area contributed by atoms with Crippen molar-refractivity contribution in [3.63, 3.8) is 0 Å². The number of hydrogen-bond donors (Lipinski definition) is 1. The Kier molecular flexibility index (Phi) is 4.31. The SMILES string of the molecule is Cc1ccc(-c2csc3ncnc(NCCn4cnnc4C4CC4)c23)cc1C. The van der Waals surface area contributed by atoms with Crippen LogP contribution in [0.3, 0.4) is 0 Å². The summed E-state index contributed by atoms with van der Waals surface area (Å²) in [4.78, 5) is 10.0. The molecule has 3 heterocycles. The number of aryl methyl sites for hydroxylation is 2. The fraction of sp³-hybridized carbons (Fsp3) is 0.333. The molecule has 0 amide bonds. The van der Waals surface area contributed by atoms with E-state index in [2.05, 4.69) is 67.5 Å². The van der Waals surface area contributed by atoms with E-state index in [4.69, 9.17) is 0 Å². The molecule has 1 aromatic carbocycles. The van der Waals surface area contributed by atoms with Gasteiger partial charge in [-0.2, -0.15) is 0 Å². The van der Waals surface area contributed by atoms with Crippen LogP contribution in [0.4, 0.5) is 5.82 Å². The Labute approximate surface area is 167 Å². The minimum absolute atomic E-state index is 0.599. The number of benzene rings is 1. The van der Waals surface area contributed by atoms with Gasteiger partial charge in [0.2, 0.25) is 0 Å². The average molecular weight is 391 g/mol. The molecule has 4 aromatic rings. The molecule has 5 rings (SSSR count). The first-order valence-electron chi connectivity index (χ1n) is 9.62. The number of nitrogens with one attached hydrogen (secondary N) is 1. The second-order valence-corrected chi connectivity index (χ2v) is 8.29. The van der Waals surface area contributed by atoms with Gasteiger partial charge in [-0.15, -0.1) is 21.5 Å². The number of thiophene rings is 1. The molecule has 28 heavy (non-hydrogen) atoms. The monoisotopic (exact) mass is 390 g/mol. The Morgan fingerprint density at radius 3 is 2.89 bits per heavy atom.